The zero-order valence-corrected chi connectivity index (χ0v) is 34.3. The van der Waals surface area contributed by atoms with Crippen molar-refractivity contribution in [2.75, 3.05) is 37.9 Å². The average molecular weight is 878 g/mol. The maximum absolute atomic E-state index is 15.3. The molecular formula is C45H36ClF4N9O4. The Morgan fingerprint density at radius 1 is 0.889 bits per heavy atom. The second-order valence-electron chi connectivity index (χ2n) is 13.7. The molecule has 2 amide bonds. The van der Waals surface area contributed by atoms with Gasteiger partial charge in [0.2, 0.25) is 17.7 Å². The molecule has 0 bridgehead atoms. The van der Waals surface area contributed by atoms with E-state index in [0.717, 1.165) is 12.4 Å². The quantitative estimate of drug-likeness (QED) is 0.0535. The number of alkyl halides is 3. The number of carbonyl (C=O) groups excluding carboxylic acids is 2. The number of aliphatic imine (C=N–C) groups is 1. The first-order valence-corrected chi connectivity index (χ1v) is 19.5. The highest BCUT2D eigenvalue weighted by Crippen LogP contribution is 2.37. The molecule has 3 heterocycles. The number of anilines is 3. The van der Waals surface area contributed by atoms with Crippen LogP contribution in [0.2, 0.25) is 5.02 Å². The first kappa shape index (κ1) is 43.7. The molecule has 0 spiro atoms. The Bertz CT molecular complexity index is 2810. The number of hydrogen-bond acceptors (Lipinski definition) is 11. The van der Waals surface area contributed by atoms with E-state index in [1.165, 1.54) is 20.3 Å². The van der Waals surface area contributed by atoms with Crippen LogP contribution in [0.1, 0.15) is 51.3 Å². The summed E-state index contributed by atoms with van der Waals surface area (Å²) in [5.41, 5.74) is 10.9. The molecular weight excluding hydrogens is 842 g/mol. The number of hydrogen-bond donors (Lipinski definition) is 4. The van der Waals surface area contributed by atoms with Crippen LogP contribution in [0.3, 0.4) is 0 Å². The van der Waals surface area contributed by atoms with Crippen molar-refractivity contribution in [3.63, 3.8) is 0 Å². The maximum Gasteiger partial charge on any atom is 0.451 e. The lowest BCUT2D eigenvalue weighted by Gasteiger charge is -2.15. The number of benzene rings is 4. The summed E-state index contributed by atoms with van der Waals surface area (Å²) in [4.78, 5) is 47.0. The third kappa shape index (κ3) is 10.0. The number of nitrogens with zero attached hydrogens (tertiary/aromatic N) is 5. The van der Waals surface area contributed by atoms with Crippen molar-refractivity contribution in [1.82, 2.24) is 25.3 Å². The summed E-state index contributed by atoms with van der Waals surface area (Å²) in [6.07, 6.45) is -0.586. The van der Waals surface area contributed by atoms with Crippen LogP contribution >= 0.6 is 11.6 Å². The van der Waals surface area contributed by atoms with Gasteiger partial charge in [-0.1, -0.05) is 41.6 Å². The molecule has 2 aromatic heterocycles. The predicted octanol–water partition coefficient (Wildman–Crippen LogP) is 7.98. The van der Waals surface area contributed by atoms with Crippen molar-refractivity contribution in [2.45, 2.75) is 25.6 Å². The minimum atomic E-state index is -4.69. The summed E-state index contributed by atoms with van der Waals surface area (Å²) < 4.78 is 65.3. The number of rotatable bonds is 12. The number of methoxy groups -OCH3 is 2. The summed E-state index contributed by atoms with van der Waals surface area (Å²) in [6.45, 7) is 0.357. The Hall–Kier alpha value is -7.42. The molecule has 7 rings (SSSR count). The number of fused-ring (bicyclic) bond motifs is 3. The smallest absolute Gasteiger partial charge is 0.451 e. The average Bonchev–Trinajstić information content (AvgIpc) is 3.42. The van der Waals surface area contributed by atoms with Crippen molar-refractivity contribution in [2.24, 2.45) is 10.7 Å². The van der Waals surface area contributed by atoms with Gasteiger partial charge >= 0.3 is 6.18 Å². The van der Waals surface area contributed by atoms with Crippen LogP contribution in [0.15, 0.2) is 96.4 Å². The summed E-state index contributed by atoms with van der Waals surface area (Å²) in [6, 6.07) is 19.4. The standard InChI is InChI=1S/C45H36ClF4N9O4/c1-62-36-8-3-7-35(47)39(36)41-34-19-28(46)10-13-32(34)40-27(23-53-41)24-56-44(59-40)58-30-12-15-33(37(20-30)63-2)42(61)52-17-5-9-38(60)57-29-11-14-31(25(18-29)6-4-16-51)26-21-54-43(55-22-26)45(48,49)50/h3,7-8,10-15,18-22,24H,5,9,16-17,23,51H2,1-2H3,(H,52,61)(H,57,60)(H,56,58,59). The topological polar surface area (TPSA) is 179 Å². The molecule has 0 saturated heterocycles. The van der Waals surface area contributed by atoms with Gasteiger partial charge in [0.1, 0.15) is 17.3 Å². The Morgan fingerprint density at radius 3 is 2.40 bits per heavy atom. The van der Waals surface area contributed by atoms with Crippen molar-refractivity contribution in [3.8, 4) is 45.7 Å². The molecule has 13 nitrogen and oxygen atoms in total. The van der Waals surface area contributed by atoms with E-state index in [0.29, 0.717) is 73.4 Å². The lowest BCUT2D eigenvalue weighted by atomic mass is 9.94. The van der Waals surface area contributed by atoms with Gasteiger partial charge in [0.25, 0.3) is 5.91 Å². The highest BCUT2D eigenvalue weighted by Gasteiger charge is 2.34. The largest absolute Gasteiger partial charge is 0.496 e. The minimum absolute atomic E-state index is 0.0324. The predicted molar refractivity (Wildman–Crippen MR) is 230 cm³/mol. The molecule has 0 atom stereocenters. The van der Waals surface area contributed by atoms with Gasteiger partial charge in [-0.3, -0.25) is 14.6 Å². The monoisotopic (exact) mass is 877 g/mol. The number of carbonyl (C=O) groups is 2. The molecule has 63 heavy (non-hydrogen) atoms. The number of aromatic nitrogens is 4. The molecule has 4 aromatic carbocycles. The van der Waals surface area contributed by atoms with E-state index in [1.807, 2.05) is 0 Å². The number of nitrogens with one attached hydrogen (secondary N) is 3. The van der Waals surface area contributed by atoms with Gasteiger partial charge in [-0.05, 0) is 55.0 Å². The van der Waals surface area contributed by atoms with E-state index >= 15 is 4.39 Å². The van der Waals surface area contributed by atoms with E-state index in [1.54, 1.807) is 72.9 Å². The molecule has 1 aliphatic heterocycles. The van der Waals surface area contributed by atoms with Crippen LogP contribution in [0.4, 0.5) is 34.9 Å². The van der Waals surface area contributed by atoms with E-state index in [9.17, 15) is 22.8 Å². The zero-order valence-electron chi connectivity index (χ0n) is 33.5. The van der Waals surface area contributed by atoms with Crippen LogP contribution in [0, 0.1) is 17.7 Å². The van der Waals surface area contributed by atoms with Crippen molar-refractivity contribution >= 4 is 46.5 Å². The van der Waals surface area contributed by atoms with Gasteiger partial charge in [-0.15, -0.1) is 0 Å². The number of nitrogens with two attached hydrogens (primary N) is 1. The number of halogens is 5. The van der Waals surface area contributed by atoms with Gasteiger partial charge in [-0.2, -0.15) is 13.2 Å². The van der Waals surface area contributed by atoms with E-state index in [-0.39, 0.29) is 54.8 Å². The maximum atomic E-state index is 15.3. The molecule has 18 heteroatoms. The molecule has 0 fully saturated rings. The first-order valence-electron chi connectivity index (χ1n) is 19.2. The molecule has 320 valence electrons. The Kier molecular flexibility index (Phi) is 13.2. The molecule has 0 unspecified atom stereocenters. The number of amides is 2. The lowest BCUT2D eigenvalue weighted by molar-refractivity contribution is -0.145. The third-order valence-electron chi connectivity index (χ3n) is 9.61. The molecule has 6 aromatic rings. The molecule has 0 saturated carbocycles. The normalized spacial score (nSPS) is 11.8. The van der Waals surface area contributed by atoms with Crippen LogP contribution in [0.5, 0.6) is 11.5 Å². The van der Waals surface area contributed by atoms with Crippen molar-refractivity contribution in [3.05, 3.63) is 136 Å². The summed E-state index contributed by atoms with van der Waals surface area (Å²) in [5.74, 6) is 3.87. The Balaban J connectivity index is 0.979. The highest BCUT2D eigenvalue weighted by atomic mass is 35.5. The lowest BCUT2D eigenvalue weighted by Crippen LogP contribution is -2.26. The Morgan fingerprint density at radius 2 is 1.65 bits per heavy atom. The van der Waals surface area contributed by atoms with E-state index < -0.39 is 23.7 Å². The SMILES string of the molecule is COc1cc(Nc2ncc3c(n2)-c2ccc(Cl)cc2C(c2c(F)cccc2OC)=NC3)ccc1C(=O)NCCCC(=O)Nc1ccc(-c2cnc(C(F)(F)F)nc2)c(C#CCN)c1. The fourth-order valence-corrected chi connectivity index (χ4v) is 6.87. The van der Waals surface area contributed by atoms with Crippen LogP contribution in [-0.4, -0.2) is 64.8 Å². The number of ether oxygens (including phenoxy) is 2. The van der Waals surface area contributed by atoms with Gasteiger partial charge in [0.05, 0.1) is 49.8 Å². The van der Waals surface area contributed by atoms with Gasteiger partial charge in [-0.25, -0.2) is 24.3 Å². The highest BCUT2D eigenvalue weighted by molar-refractivity contribution is 6.31. The van der Waals surface area contributed by atoms with Gasteiger partial charge in [0, 0.05) is 87.4 Å². The molecule has 1 aliphatic rings. The zero-order chi connectivity index (χ0) is 44.7. The molecule has 5 N–H and O–H groups in total. The van der Waals surface area contributed by atoms with Crippen molar-refractivity contribution < 1.29 is 36.6 Å². The summed E-state index contributed by atoms with van der Waals surface area (Å²) in [5, 5.41) is 9.17. The molecule has 0 radical (unpaired) electrons. The van der Waals surface area contributed by atoms with Crippen LogP contribution in [-0.2, 0) is 17.5 Å². The minimum Gasteiger partial charge on any atom is -0.496 e. The van der Waals surface area contributed by atoms with E-state index in [2.05, 4.69) is 42.7 Å². The second-order valence-corrected chi connectivity index (χ2v) is 14.2. The van der Waals surface area contributed by atoms with E-state index in [4.69, 9.17) is 36.8 Å². The van der Waals surface area contributed by atoms with Crippen LogP contribution in [0.25, 0.3) is 22.4 Å². The fourth-order valence-electron chi connectivity index (χ4n) is 6.69. The summed E-state index contributed by atoms with van der Waals surface area (Å²) in [7, 11) is 2.89. The third-order valence-corrected chi connectivity index (χ3v) is 9.84. The second kappa shape index (κ2) is 19.1. The fraction of sp³-hybridized carbons (Fsp3) is 0.178. The van der Waals surface area contributed by atoms with Crippen LogP contribution < -0.4 is 31.2 Å². The van der Waals surface area contributed by atoms with Gasteiger partial charge in [0.15, 0.2) is 0 Å². The summed E-state index contributed by atoms with van der Waals surface area (Å²) >= 11 is 6.44. The van der Waals surface area contributed by atoms with Crippen molar-refractivity contribution in [1.29, 1.82) is 0 Å². The first-order chi connectivity index (χ1) is 30.4. The Labute approximate surface area is 363 Å². The molecule has 0 aliphatic carbocycles. The van der Waals surface area contributed by atoms with Gasteiger partial charge < -0.3 is 31.2 Å².